The maximum atomic E-state index is 11.4. The second-order valence-corrected chi connectivity index (χ2v) is 4.34. The molecule has 1 rings (SSSR count). The van der Waals surface area contributed by atoms with E-state index in [-0.39, 0.29) is 10.7 Å². The fourth-order valence-electron chi connectivity index (χ4n) is 1.16. The molecule has 82 valence electrons. The molecule has 0 saturated heterocycles. The van der Waals surface area contributed by atoms with Gasteiger partial charge >= 0.3 is 0 Å². The molecular weight excluding hydrogens is 256 g/mol. The third-order valence-corrected chi connectivity index (χ3v) is 3.11. The number of carbonyl (C=O) groups excluding carboxylic acids is 1. The first-order valence-electron chi connectivity index (χ1n) is 5.05. The molecule has 1 N–H and O–H groups in total. The average molecular weight is 271 g/mol. The van der Waals surface area contributed by atoms with Gasteiger partial charge in [0.1, 0.15) is 0 Å². The number of rotatable bonds is 5. The van der Waals surface area contributed by atoms with Crippen molar-refractivity contribution < 1.29 is 4.79 Å². The van der Waals surface area contributed by atoms with Gasteiger partial charge in [-0.3, -0.25) is 9.78 Å². The van der Waals surface area contributed by atoms with Crippen molar-refractivity contribution in [3.05, 3.63) is 30.1 Å². The number of nitrogens with one attached hydrogen (secondary N) is 1. The van der Waals surface area contributed by atoms with Gasteiger partial charge in [0.2, 0.25) is 5.91 Å². The van der Waals surface area contributed by atoms with E-state index < -0.39 is 0 Å². The lowest BCUT2D eigenvalue weighted by atomic mass is 10.2. The molecule has 3 nitrogen and oxygen atoms in total. The average Bonchev–Trinajstić information content (AvgIpc) is 2.29. The van der Waals surface area contributed by atoms with E-state index in [1.165, 1.54) is 0 Å². The fraction of sp³-hybridized carbons (Fsp3) is 0.455. The topological polar surface area (TPSA) is 42.0 Å². The third-order valence-electron chi connectivity index (χ3n) is 2.05. The minimum Gasteiger partial charge on any atom is -0.355 e. The number of halogens is 1. The van der Waals surface area contributed by atoms with E-state index in [2.05, 4.69) is 26.2 Å². The van der Waals surface area contributed by atoms with Crippen molar-refractivity contribution in [2.24, 2.45) is 0 Å². The monoisotopic (exact) mass is 270 g/mol. The number of hydrogen-bond donors (Lipinski definition) is 1. The van der Waals surface area contributed by atoms with Gasteiger partial charge in [-0.25, -0.2) is 0 Å². The van der Waals surface area contributed by atoms with Gasteiger partial charge in [0.25, 0.3) is 0 Å². The van der Waals surface area contributed by atoms with Gasteiger partial charge in [0, 0.05) is 24.9 Å². The Hall–Kier alpha value is -0.900. The molecule has 0 aliphatic rings. The van der Waals surface area contributed by atoms with E-state index in [0.29, 0.717) is 6.54 Å². The quantitative estimate of drug-likeness (QED) is 0.831. The molecule has 1 unspecified atom stereocenters. The third kappa shape index (κ3) is 4.42. The highest BCUT2D eigenvalue weighted by Gasteiger charge is 2.10. The zero-order valence-electron chi connectivity index (χ0n) is 8.74. The van der Waals surface area contributed by atoms with Crippen LogP contribution in [0.25, 0.3) is 0 Å². The molecule has 0 bridgehead atoms. The lowest BCUT2D eigenvalue weighted by Gasteiger charge is -2.07. The summed E-state index contributed by atoms with van der Waals surface area (Å²) in [5.74, 6) is 0.0495. The van der Waals surface area contributed by atoms with Crippen LogP contribution in [-0.2, 0) is 11.2 Å². The summed E-state index contributed by atoms with van der Waals surface area (Å²) in [5.41, 5.74) is 1.00. The summed E-state index contributed by atoms with van der Waals surface area (Å²) in [6.45, 7) is 2.61. The Morgan fingerprint density at radius 3 is 3.00 bits per heavy atom. The van der Waals surface area contributed by atoms with Crippen LogP contribution < -0.4 is 5.32 Å². The number of hydrogen-bond acceptors (Lipinski definition) is 2. The van der Waals surface area contributed by atoms with Gasteiger partial charge in [0.05, 0.1) is 4.83 Å². The van der Waals surface area contributed by atoms with Crippen LogP contribution in [0.5, 0.6) is 0 Å². The van der Waals surface area contributed by atoms with Crippen molar-refractivity contribution >= 4 is 21.8 Å². The van der Waals surface area contributed by atoms with Crippen LogP contribution in [0.1, 0.15) is 19.0 Å². The zero-order chi connectivity index (χ0) is 11.1. The molecule has 0 saturated carbocycles. The van der Waals surface area contributed by atoms with E-state index in [1.54, 1.807) is 6.20 Å². The van der Waals surface area contributed by atoms with Crippen molar-refractivity contribution in [3.8, 4) is 0 Å². The Morgan fingerprint density at radius 1 is 1.60 bits per heavy atom. The lowest BCUT2D eigenvalue weighted by Crippen LogP contribution is -2.32. The molecule has 1 amide bonds. The van der Waals surface area contributed by atoms with Crippen molar-refractivity contribution in [2.75, 3.05) is 6.54 Å². The standard InChI is InChI=1S/C11H15BrN2O/c1-2-10(12)11(15)14-8-6-9-5-3-4-7-13-9/h3-5,7,10H,2,6,8H2,1H3,(H,14,15). The summed E-state index contributed by atoms with van der Waals surface area (Å²) in [6.07, 6.45) is 3.34. The van der Waals surface area contributed by atoms with E-state index in [1.807, 2.05) is 25.1 Å². The van der Waals surface area contributed by atoms with Crippen LogP contribution in [-0.4, -0.2) is 22.3 Å². The van der Waals surface area contributed by atoms with Crippen LogP contribution in [0.4, 0.5) is 0 Å². The molecule has 1 aromatic heterocycles. The Kier molecular flexibility index (Phi) is 5.32. The number of aromatic nitrogens is 1. The van der Waals surface area contributed by atoms with Crippen LogP contribution >= 0.6 is 15.9 Å². The van der Waals surface area contributed by atoms with Crippen molar-refractivity contribution in [1.29, 1.82) is 0 Å². The highest BCUT2D eigenvalue weighted by atomic mass is 79.9. The molecule has 0 aliphatic carbocycles. The number of carbonyl (C=O) groups is 1. The van der Waals surface area contributed by atoms with Gasteiger partial charge in [-0.1, -0.05) is 28.9 Å². The molecular formula is C11H15BrN2O. The first-order valence-corrected chi connectivity index (χ1v) is 5.97. The van der Waals surface area contributed by atoms with Crippen LogP contribution in [0.15, 0.2) is 24.4 Å². The van der Waals surface area contributed by atoms with E-state index >= 15 is 0 Å². The van der Waals surface area contributed by atoms with Crippen molar-refractivity contribution in [1.82, 2.24) is 10.3 Å². The Bertz CT molecular complexity index is 303. The number of alkyl halides is 1. The fourth-order valence-corrected chi connectivity index (χ4v) is 1.32. The number of pyridine rings is 1. The lowest BCUT2D eigenvalue weighted by molar-refractivity contribution is -0.120. The Labute approximate surface area is 98.4 Å². The highest BCUT2D eigenvalue weighted by molar-refractivity contribution is 9.10. The summed E-state index contributed by atoms with van der Waals surface area (Å²) in [4.78, 5) is 15.5. The minimum absolute atomic E-state index is 0.0495. The first kappa shape index (κ1) is 12.2. The first-order chi connectivity index (χ1) is 7.24. The molecule has 0 spiro atoms. The SMILES string of the molecule is CCC(Br)C(=O)NCCc1ccccn1. The van der Waals surface area contributed by atoms with E-state index in [0.717, 1.165) is 18.5 Å². The molecule has 0 aliphatic heterocycles. The van der Waals surface area contributed by atoms with E-state index in [4.69, 9.17) is 0 Å². The van der Waals surface area contributed by atoms with Crippen LogP contribution in [0.3, 0.4) is 0 Å². The van der Waals surface area contributed by atoms with E-state index in [9.17, 15) is 4.79 Å². The summed E-state index contributed by atoms with van der Waals surface area (Å²) < 4.78 is 0. The summed E-state index contributed by atoms with van der Waals surface area (Å²) in [7, 11) is 0. The minimum atomic E-state index is -0.0822. The summed E-state index contributed by atoms with van der Waals surface area (Å²) in [5, 5.41) is 2.86. The Balaban J connectivity index is 2.25. The molecule has 1 aromatic rings. The van der Waals surface area contributed by atoms with Crippen LogP contribution in [0, 0.1) is 0 Å². The second-order valence-electron chi connectivity index (χ2n) is 3.24. The van der Waals surface area contributed by atoms with Crippen molar-refractivity contribution in [3.63, 3.8) is 0 Å². The molecule has 1 atom stereocenters. The van der Waals surface area contributed by atoms with Crippen LogP contribution in [0.2, 0.25) is 0 Å². The van der Waals surface area contributed by atoms with Gasteiger partial charge in [0.15, 0.2) is 0 Å². The number of nitrogens with zero attached hydrogens (tertiary/aromatic N) is 1. The summed E-state index contributed by atoms with van der Waals surface area (Å²) >= 11 is 3.30. The maximum Gasteiger partial charge on any atom is 0.233 e. The molecule has 0 fully saturated rings. The molecule has 0 radical (unpaired) electrons. The number of amides is 1. The smallest absolute Gasteiger partial charge is 0.233 e. The van der Waals surface area contributed by atoms with Gasteiger partial charge in [-0.2, -0.15) is 0 Å². The van der Waals surface area contributed by atoms with Gasteiger partial charge < -0.3 is 5.32 Å². The Morgan fingerprint density at radius 2 is 2.40 bits per heavy atom. The molecule has 0 aromatic carbocycles. The predicted molar refractivity (Wildman–Crippen MR) is 64.0 cm³/mol. The molecule has 1 heterocycles. The predicted octanol–water partition coefficient (Wildman–Crippen LogP) is 1.91. The largest absolute Gasteiger partial charge is 0.355 e. The molecule has 4 heteroatoms. The highest BCUT2D eigenvalue weighted by Crippen LogP contribution is 2.03. The summed E-state index contributed by atoms with van der Waals surface area (Å²) in [6, 6.07) is 5.79. The zero-order valence-corrected chi connectivity index (χ0v) is 10.3. The van der Waals surface area contributed by atoms with Crippen molar-refractivity contribution in [2.45, 2.75) is 24.6 Å². The second kappa shape index (κ2) is 6.56. The van der Waals surface area contributed by atoms with Gasteiger partial charge in [-0.15, -0.1) is 0 Å². The van der Waals surface area contributed by atoms with Gasteiger partial charge in [-0.05, 0) is 18.6 Å². The molecule has 15 heavy (non-hydrogen) atoms. The normalized spacial score (nSPS) is 12.1. The maximum absolute atomic E-state index is 11.4.